The Morgan fingerprint density at radius 3 is 2.62 bits per heavy atom. The fourth-order valence-electron chi connectivity index (χ4n) is 6.12. The lowest BCUT2D eigenvalue weighted by Crippen LogP contribution is -2.45. The van der Waals surface area contributed by atoms with Crippen molar-refractivity contribution < 1.29 is 20.4 Å². The van der Waals surface area contributed by atoms with Gasteiger partial charge in [-0.05, 0) is 68.1 Å². The summed E-state index contributed by atoms with van der Waals surface area (Å²) >= 11 is 0. The molecule has 3 aliphatic rings. The molecule has 2 saturated carbocycles. The average Bonchev–Trinajstić information content (AvgIpc) is 3.00. The number of aliphatic hydroxyl groups is 4. The van der Waals surface area contributed by atoms with E-state index < -0.39 is 11.7 Å². The van der Waals surface area contributed by atoms with Crippen LogP contribution in [0.1, 0.15) is 52.9 Å². The molecular weight excluding hydrogens is 304 g/mol. The van der Waals surface area contributed by atoms with E-state index in [0.29, 0.717) is 18.8 Å². The molecule has 4 heteroatoms. The summed E-state index contributed by atoms with van der Waals surface area (Å²) < 4.78 is 0. The van der Waals surface area contributed by atoms with Crippen LogP contribution in [0.2, 0.25) is 0 Å². The van der Waals surface area contributed by atoms with Crippen molar-refractivity contribution in [1.82, 2.24) is 0 Å². The summed E-state index contributed by atoms with van der Waals surface area (Å²) in [6, 6.07) is 0. The molecule has 4 N–H and O–H groups in total. The molecule has 2 fully saturated rings. The summed E-state index contributed by atoms with van der Waals surface area (Å²) in [6.45, 7) is 6.52. The third-order valence-electron chi connectivity index (χ3n) is 7.48. The van der Waals surface area contributed by atoms with Gasteiger partial charge in [0.25, 0.3) is 0 Å². The maximum absolute atomic E-state index is 11.1. The van der Waals surface area contributed by atoms with Crippen LogP contribution < -0.4 is 0 Å². The van der Waals surface area contributed by atoms with Crippen LogP contribution in [0.25, 0.3) is 0 Å². The lowest BCUT2D eigenvalue weighted by atomic mass is 9.64. The van der Waals surface area contributed by atoms with Crippen molar-refractivity contribution in [3.63, 3.8) is 0 Å². The molecule has 0 aromatic carbocycles. The second kappa shape index (κ2) is 6.39. The molecule has 0 radical (unpaired) electrons. The van der Waals surface area contributed by atoms with Crippen molar-refractivity contribution in [2.45, 2.75) is 64.6 Å². The highest BCUT2D eigenvalue weighted by molar-refractivity contribution is 5.26. The van der Waals surface area contributed by atoms with Crippen LogP contribution in [-0.2, 0) is 0 Å². The van der Waals surface area contributed by atoms with Crippen LogP contribution in [0.3, 0.4) is 0 Å². The molecule has 0 bridgehead atoms. The van der Waals surface area contributed by atoms with Crippen LogP contribution in [0, 0.1) is 35.0 Å². The van der Waals surface area contributed by atoms with Gasteiger partial charge in [-0.1, -0.05) is 25.5 Å². The third kappa shape index (κ3) is 2.86. The number of hydrogen-bond donors (Lipinski definition) is 4. The standard InChI is InChI=1S/C20H34O4/c1-12(10-21)14-4-6-19(2)9-15-13(11-22)8-17(23)18(15)20(3,24)7-5-16(14)19/h5,12-15,17-18,21-24H,4,6-11H2,1-3H3/t12-,13+,14-,15-,17-,18+,19-,20+/m1/s1. The van der Waals surface area contributed by atoms with Gasteiger partial charge in [0, 0.05) is 19.1 Å². The van der Waals surface area contributed by atoms with Gasteiger partial charge in [-0.25, -0.2) is 0 Å². The highest BCUT2D eigenvalue weighted by Gasteiger charge is 2.55. The molecule has 3 rings (SSSR count). The van der Waals surface area contributed by atoms with E-state index >= 15 is 0 Å². The maximum atomic E-state index is 11.1. The van der Waals surface area contributed by atoms with Crippen LogP contribution in [0.15, 0.2) is 11.6 Å². The minimum Gasteiger partial charge on any atom is -0.396 e. The minimum absolute atomic E-state index is 0.0605. The number of fused-ring (bicyclic) bond motifs is 2. The van der Waals surface area contributed by atoms with E-state index in [1.54, 1.807) is 0 Å². The molecular formula is C20H34O4. The van der Waals surface area contributed by atoms with Crippen LogP contribution in [-0.4, -0.2) is 45.3 Å². The Bertz CT molecular complexity index is 500. The summed E-state index contributed by atoms with van der Waals surface area (Å²) in [6.07, 6.45) is 5.89. The van der Waals surface area contributed by atoms with Crippen molar-refractivity contribution in [2.24, 2.45) is 35.0 Å². The van der Waals surface area contributed by atoms with Crippen molar-refractivity contribution in [2.75, 3.05) is 13.2 Å². The molecule has 24 heavy (non-hydrogen) atoms. The van der Waals surface area contributed by atoms with Gasteiger partial charge in [0.2, 0.25) is 0 Å². The maximum Gasteiger partial charge on any atom is 0.0709 e. The number of hydrogen-bond acceptors (Lipinski definition) is 4. The van der Waals surface area contributed by atoms with E-state index in [9.17, 15) is 20.4 Å². The summed E-state index contributed by atoms with van der Waals surface area (Å²) in [4.78, 5) is 0. The Labute approximate surface area is 145 Å². The van der Waals surface area contributed by atoms with Gasteiger partial charge in [0.1, 0.15) is 0 Å². The van der Waals surface area contributed by atoms with Crippen molar-refractivity contribution in [3.05, 3.63) is 11.6 Å². The molecule has 0 unspecified atom stereocenters. The second-order valence-electron chi connectivity index (χ2n) is 9.23. The molecule has 0 aromatic rings. The van der Waals surface area contributed by atoms with Crippen LogP contribution in [0.4, 0.5) is 0 Å². The first-order valence-corrected chi connectivity index (χ1v) is 9.56. The molecule has 8 atom stereocenters. The molecule has 0 aliphatic heterocycles. The van der Waals surface area contributed by atoms with Crippen LogP contribution in [0.5, 0.6) is 0 Å². The highest BCUT2D eigenvalue weighted by atomic mass is 16.3. The molecule has 3 aliphatic carbocycles. The first-order valence-electron chi connectivity index (χ1n) is 9.56. The topological polar surface area (TPSA) is 80.9 Å². The lowest BCUT2D eigenvalue weighted by molar-refractivity contribution is -0.0709. The van der Waals surface area contributed by atoms with Gasteiger partial charge in [-0.2, -0.15) is 0 Å². The molecule has 4 nitrogen and oxygen atoms in total. The SMILES string of the molecule is C[C@H](CO)[C@H]1CC[C@]2(C)C[C@@H]3[C@H](CO)C[C@@H](O)[C@H]3[C@@](C)(O)CC=C12. The predicted molar refractivity (Wildman–Crippen MR) is 93.2 cm³/mol. The largest absolute Gasteiger partial charge is 0.396 e. The van der Waals surface area contributed by atoms with Gasteiger partial charge in [-0.15, -0.1) is 0 Å². The van der Waals surface area contributed by atoms with E-state index in [1.807, 2.05) is 6.92 Å². The van der Waals surface area contributed by atoms with Crippen molar-refractivity contribution >= 4 is 0 Å². The van der Waals surface area contributed by atoms with E-state index in [1.165, 1.54) is 5.57 Å². The summed E-state index contributed by atoms with van der Waals surface area (Å²) in [5.74, 6) is 0.671. The fourth-order valence-corrected chi connectivity index (χ4v) is 6.12. The molecule has 0 amide bonds. The van der Waals surface area contributed by atoms with Gasteiger partial charge < -0.3 is 20.4 Å². The lowest BCUT2D eigenvalue weighted by Gasteiger charge is -2.43. The van der Waals surface area contributed by atoms with Crippen molar-refractivity contribution in [1.29, 1.82) is 0 Å². The van der Waals surface area contributed by atoms with E-state index in [2.05, 4.69) is 19.9 Å². The zero-order valence-electron chi connectivity index (χ0n) is 15.3. The minimum atomic E-state index is -0.947. The van der Waals surface area contributed by atoms with Crippen LogP contribution >= 0.6 is 0 Å². The average molecular weight is 338 g/mol. The van der Waals surface area contributed by atoms with E-state index in [0.717, 1.165) is 19.3 Å². The monoisotopic (exact) mass is 338 g/mol. The number of allylic oxidation sites excluding steroid dienone is 1. The summed E-state index contributed by atoms with van der Waals surface area (Å²) in [7, 11) is 0. The summed E-state index contributed by atoms with van der Waals surface area (Å²) in [5, 5.41) is 41.1. The van der Waals surface area contributed by atoms with Crippen molar-refractivity contribution in [3.8, 4) is 0 Å². The fraction of sp³-hybridized carbons (Fsp3) is 0.900. The quantitative estimate of drug-likeness (QED) is 0.594. The smallest absolute Gasteiger partial charge is 0.0709 e. The zero-order valence-corrected chi connectivity index (χ0v) is 15.3. The number of aliphatic hydroxyl groups excluding tert-OH is 3. The number of rotatable bonds is 3. The first kappa shape index (κ1) is 18.4. The van der Waals surface area contributed by atoms with Gasteiger partial charge in [0.05, 0.1) is 11.7 Å². The van der Waals surface area contributed by atoms with E-state index in [-0.39, 0.29) is 42.3 Å². The van der Waals surface area contributed by atoms with E-state index in [4.69, 9.17) is 0 Å². The Kier molecular flexibility index (Phi) is 4.89. The molecule has 0 heterocycles. The first-order chi connectivity index (χ1) is 11.2. The highest BCUT2D eigenvalue weighted by Crippen LogP contribution is 2.58. The molecule has 0 aromatic heterocycles. The Balaban J connectivity index is 1.99. The normalized spacial score (nSPS) is 49.8. The Morgan fingerprint density at radius 1 is 1.29 bits per heavy atom. The molecule has 0 saturated heterocycles. The predicted octanol–water partition coefficient (Wildman–Crippen LogP) is 2.11. The second-order valence-corrected chi connectivity index (χ2v) is 9.23. The molecule has 138 valence electrons. The van der Waals surface area contributed by atoms with Gasteiger partial charge in [0.15, 0.2) is 0 Å². The molecule has 0 spiro atoms. The third-order valence-corrected chi connectivity index (χ3v) is 7.48. The van der Waals surface area contributed by atoms with Gasteiger partial charge >= 0.3 is 0 Å². The Hall–Kier alpha value is -0.420. The van der Waals surface area contributed by atoms with Gasteiger partial charge in [-0.3, -0.25) is 0 Å². The zero-order chi connectivity index (χ0) is 17.7. The summed E-state index contributed by atoms with van der Waals surface area (Å²) in [5.41, 5.74) is 0.504. The Morgan fingerprint density at radius 2 is 2.00 bits per heavy atom.